The van der Waals surface area contributed by atoms with Gasteiger partial charge in [0.1, 0.15) is 0 Å². The molecule has 2 rings (SSSR count). The summed E-state index contributed by atoms with van der Waals surface area (Å²) in [7, 11) is 0. The van der Waals surface area contributed by atoms with E-state index < -0.39 is 0 Å². The van der Waals surface area contributed by atoms with Gasteiger partial charge in [0.25, 0.3) is 0 Å². The zero-order valence-electron chi connectivity index (χ0n) is 12.3. The predicted octanol–water partition coefficient (Wildman–Crippen LogP) is 2.86. The fourth-order valence-electron chi connectivity index (χ4n) is 2.53. The van der Waals surface area contributed by atoms with Crippen molar-refractivity contribution in [2.24, 2.45) is 0 Å². The molecule has 4 heteroatoms. The largest absolute Gasteiger partial charge is 0.378 e. The standard InChI is InChI=1S/C16H24N2O2/c1-3-17-12(2)13-6-4-7-14(10-13)18-16(19)11-15-8-5-9-20-15/h4,6-7,10,12,15,17H,3,5,8-9,11H2,1-2H3,(H,18,19). The van der Waals surface area contributed by atoms with Crippen LogP contribution in [-0.2, 0) is 9.53 Å². The fraction of sp³-hybridized carbons (Fsp3) is 0.562. The van der Waals surface area contributed by atoms with Gasteiger partial charge in [-0.2, -0.15) is 0 Å². The second kappa shape index (κ2) is 7.41. The molecule has 110 valence electrons. The van der Waals surface area contributed by atoms with Crippen LogP contribution in [0.1, 0.15) is 44.7 Å². The van der Waals surface area contributed by atoms with Crippen LogP contribution in [0.25, 0.3) is 0 Å². The lowest BCUT2D eigenvalue weighted by atomic mass is 10.1. The summed E-state index contributed by atoms with van der Waals surface area (Å²) in [6, 6.07) is 8.29. The van der Waals surface area contributed by atoms with Gasteiger partial charge in [0.2, 0.25) is 5.91 Å². The number of hydrogen-bond donors (Lipinski definition) is 2. The van der Waals surface area contributed by atoms with Gasteiger partial charge in [-0.25, -0.2) is 0 Å². The lowest BCUT2D eigenvalue weighted by Gasteiger charge is -2.15. The van der Waals surface area contributed by atoms with E-state index >= 15 is 0 Å². The third-order valence-corrected chi connectivity index (χ3v) is 3.62. The minimum absolute atomic E-state index is 0.0325. The van der Waals surface area contributed by atoms with Crippen molar-refractivity contribution in [3.8, 4) is 0 Å². The Balaban J connectivity index is 1.91. The van der Waals surface area contributed by atoms with Gasteiger partial charge in [0, 0.05) is 18.3 Å². The van der Waals surface area contributed by atoms with Crippen LogP contribution >= 0.6 is 0 Å². The Morgan fingerprint density at radius 1 is 1.50 bits per heavy atom. The van der Waals surface area contributed by atoms with Gasteiger partial charge in [-0.1, -0.05) is 19.1 Å². The van der Waals surface area contributed by atoms with E-state index in [0.29, 0.717) is 6.42 Å². The van der Waals surface area contributed by atoms with Crippen molar-refractivity contribution in [1.82, 2.24) is 5.32 Å². The molecule has 1 fully saturated rings. The summed E-state index contributed by atoms with van der Waals surface area (Å²) in [4.78, 5) is 12.0. The van der Waals surface area contributed by atoms with Gasteiger partial charge in [0.05, 0.1) is 12.5 Å². The second-order valence-corrected chi connectivity index (χ2v) is 5.29. The minimum atomic E-state index is 0.0325. The molecular formula is C16H24N2O2. The highest BCUT2D eigenvalue weighted by molar-refractivity contribution is 5.91. The number of ether oxygens (including phenoxy) is 1. The Labute approximate surface area is 120 Å². The maximum atomic E-state index is 12.0. The summed E-state index contributed by atoms with van der Waals surface area (Å²) >= 11 is 0. The van der Waals surface area contributed by atoms with E-state index in [1.54, 1.807) is 0 Å². The summed E-state index contributed by atoms with van der Waals surface area (Å²) in [5, 5.41) is 6.33. The number of carbonyl (C=O) groups excluding carboxylic acids is 1. The van der Waals surface area contributed by atoms with Crippen molar-refractivity contribution in [2.45, 2.75) is 45.3 Å². The van der Waals surface area contributed by atoms with Crippen molar-refractivity contribution in [3.63, 3.8) is 0 Å². The van der Waals surface area contributed by atoms with Crippen LogP contribution in [0.4, 0.5) is 5.69 Å². The average Bonchev–Trinajstić information content (AvgIpc) is 2.92. The highest BCUT2D eigenvalue weighted by Gasteiger charge is 2.19. The summed E-state index contributed by atoms with van der Waals surface area (Å²) in [5.74, 6) is 0.0325. The monoisotopic (exact) mass is 276 g/mol. The number of amides is 1. The van der Waals surface area contributed by atoms with Gasteiger partial charge in [-0.15, -0.1) is 0 Å². The minimum Gasteiger partial charge on any atom is -0.378 e. The molecule has 1 saturated heterocycles. The topological polar surface area (TPSA) is 50.4 Å². The van der Waals surface area contributed by atoms with E-state index in [4.69, 9.17) is 4.74 Å². The summed E-state index contributed by atoms with van der Waals surface area (Å²) in [6.07, 6.45) is 2.60. The molecular weight excluding hydrogens is 252 g/mol. The van der Waals surface area contributed by atoms with E-state index in [1.165, 1.54) is 5.56 Å². The number of benzene rings is 1. The lowest BCUT2D eigenvalue weighted by molar-refractivity contribution is -0.118. The Bertz CT molecular complexity index is 442. The molecule has 0 radical (unpaired) electrons. The first kappa shape index (κ1) is 15.0. The summed E-state index contributed by atoms with van der Waals surface area (Å²) in [5.41, 5.74) is 2.04. The molecule has 2 unspecified atom stereocenters. The molecule has 2 N–H and O–H groups in total. The fourth-order valence-corrected chi connectivity index (χ4v) is 2.53. The first-order valence-electron chi connectivity index (χ1n) is 7.44. The number of rotatable bonds is 6. The zero-order chi connectivity index (χ0) is 14.4. The second-order valence-electron chi connectivity index (χ2n) is 5.29. The van der Waals surface area contributed by atoms with Gasteiger partial charge in [-0.05, 0) is 44.0 Å². The molecule has 1 heterocycles. The van der Waals surface area contributed by atoms with E-state index in [-0.39, 0.29) is 18.1 Å². The quantitative estimate of drug-likeness (QED) is 0.840. The molecule has 1 aliphatic heterocycles. The number of hydrogen-bond acceptors (Lipinski definition) is 3. The Morgan fingerprint density at radius 2 is 2.35 bits per heavy atom. The van der Waals surface area contributed by atoms with Gasteiger partial charge in [0.15, 0.2) is 0 Å². The van der Waals surface area contributed by atoms with Crippen LogP contribution in [0, 0.1) is 0 Å². The van der Waals surface area contributed by atoms with Crippen LogP contribution in [0.3, 0.4) is 0 Å². The van der Waals surface area contributed by atoms with Crippen LogP contribution in [0.15, 0.2) is 24.3 Å². The van der Waals surface area contributed by atoms with Crippen molar-refractivity contribution in [2.75, 3.05) is 18.5 Å². The average molecular weight is 276 g/mol. The molecule has 4 nitrogen and oxygen atoms in total. The van der Waals surface area contributed by atoms with Crippen molar-refractivity contribution >= 4 is 11.6 Å². The molecule has 0 bridgehead atoms. The Morgan fingerprint density at radius 3 is 3.05 bits per heavy atom. The molecule has 1 aliphatic rings. The van der Waals surface area contributed by atoms with Crippen LogP contribution in [-0.4, -0.2) is 25.2 Å². The molecule has 0 saturated carbocycles. The summed E-state index contributed by atoms with van der Waals surface area (Å²) in [6.45, 7) is 5.92. The molecule has 1 aromatic carbocycles. The molecule has 20 heavy (non-hydrogen) atoms. The number of nitrogens with one attached hydrogen (secondary N) is 2. The van der Waals surface area contributed by atoms with E-state index in [0.717, 1.165) is 31.7 Å². The van der Waals surface area contributed by atoms with E-state index in [1.807, 2.05) is 18.2 Å². The van der Waals surface area contributed by atoms with Crippen LogP contribution < -0.4 is 10.6 Å². The third kappa shape index (κ3) is 4.32. The van der Waals surface area contributed by atoms with Crippen molar-refractivity contribution in [3.05, 3.63) is 29.8 Å². The molecule has 0 aliphatic carbocycles. The Kier molecular flexibility index (Phi) is 5.56. The first-order chi connectivity index (χ1) is 9.69. The maximum absolute atomic E-state index is 12.0. The highest BCUT2D eigenvalue weighted by atomic mass is 16.5. The first-order valence-corrected chi connectivity index (χ1v) is 7.44. The number of carbonyl (C=O) groups is 1. The Hall–Kier alpha value is -1.39. The maximum Gasteiger partial charge on any atom is 0.226 e. The van der Waals surface area contributed by atoms with Crippen LogP contribution in [0.2, 0.25) is 0 Å². The smallest absolute Gasteiger partial charge is 0.226 e. The van der Waals surface area contributed by atoms with Gasteiger partial charge >= 0.3 is 0 Å². The van der Waals surface area contributed by atoms with Crippen LogP contribution in [0.5, 0.6) is 0 Å². The molecule has 0 aromatic heterocycles. The third-order valence-electron chi connectivity index (χ3n) is 3.62. The SMILES string of the molecule is CCNC(C)c1cccc(NC(=O)CC2CCCO2)c1. The predicted molar refractivity (Wildman–Crippen MR) is 80.8 cm³/mol. The summed E-state index contributed by atoms with van der Waals surface area (Å²) < 4.78 is 5.48. The zero-order valence-corrected chi connectivity index (χ0v) is 12.3. The molecule has 0 spiro atoms. The van der Waals surface area contributed by atoms with Gasteiger partial charge in [-0.3, -0.25) is 4.79 Å². The lowest BCUT2D eigenvalue weighted by Crippen LogP contribution is -2.20. The van der Waals surface area contributed by atoms with Gasteiger partial charge < -0.3 is 15.4 Å². The molecule has 1 aromatic rings. The normalized spacial score (nSPS) is 19.8. The molecule has 2 atom stereocenters. The van der Waals surface area contributed by atoms with Crippen molar-refractivity contribution < 1.29 is 9.53 Å². The van der Waals surface area contributed by atoms with Crippen molar-refractivity contribution in [1.29, 1.82) is 0 Å². The highest BCUT2D eigenvalue weighted by Crippen LogP contribution is 2.19. The van der Waals surface area contributed by atoms with E-state index in [9.17, 15) is 4.79 Å². The van der Waals surface area contributed by atoms with E-state index in [2.05, 4.69) is 30.5 Å². The molecule has 1 amide bonds. The number of anilines is 1.